The van der Waals surface area contributed by atoms with Crippen LogP contribution in [0.1, 0.15) is 64.7 Å². The Morgan fingerprint density at radius 2 is 0.917 bits per heavy atom. The first-order chi connectivity index (χ1) is 35.7. The van der Waals surface area contributed by atoms with E-state index >= 15 is 0 Å². The van der Waals surface area contributed by atoms with Crippen LogP contribution in [0.4, 0.5) is 0 Å². The normalized spacial score (nSPS) is 24.1. The van der Waals surface area contributed by atoms with Gasteiger partial charge in [-0.15, -0.1) is 0 Å². The molecular formula is C47H32O. The Hall–Kier alpha value is -5.92. The Morgan fingerprint density at radius 3 is 1.54 bits per heavy atom. The first kappa shape index (κ1) is 11.1. The van der Waals surface area contributed by atoms with E-state index in [9.17, 15) is 15.1 Å². The van der Waals surface area contributed by atoms with Gasteiger partial charge in [0.25, 0.3) is 0 Å². The van der Waals surface area contributed by atoms with Gasteiger partial charge < -0.3 is 4.42 Å². The van der Waals surface area contributed by atoms with Crippen LogP contribution in [0, 0.1) is 0 Å². The van der Waals surface area contributed by atoms with E-state index in [0.29, 0.717) is 0 Å². The third kappa shape index (κ3) is 3.85. The molecule has 48 heavy (non-hydrogen) atoms. The molecule has 9 aromatic rings. The molecule has 1 aliphatic carbocycles. The van der Waals surface area contributed by atoms with Crippen LogP contribution in [0.2, 0.25) is 0 Å². The summed E-state index contributed by atoms with van der Waals surface area (Å²) < 4.78 is 268. The minimum absolute atomic E-state index is 0.443. The van der Waals surface area contributed by atoms with Gasteiger partial charge in [-0.3, -0.25) is 0 Å². The second kappa shape index (κ2) is 10.0. The zero-order chi connectivity index (χ0) is 57.1. The van der Waals surface area contributed by atoms with E-state index in [1.165, 1.54) is 0 Å². The van der Waals surface area contributed by atoms with Crippen LogP contribution in [0.15, 0.2) is 162 Å². The standard InChI is InChI=1S/C47H32O/c1-47(2)41-27-30(29-12-4-3-5-13-29)20-23-33(41)34-24-21-32(28-42(34)47)46-38-17-8-6-15-36(38)45(37-16-7-9-18-39(37)46)31-22-25-44-40(26-31)35-14-10-11-19-43(35)48-44/h3-28H,1-2H3/i1D3,3D,4D,5D,6D,7D,8D,9D,10D,11D,12D,13D,14D,15D,16D,17D,18D,19D,20D,21D,22D,23D,24D,25D,26D,27D,28D. The highest BCUT2D eigenvalue weighted by Gasteiger charge is 2.36. The molecular weight excluding hydrogens is 581 g/mol. The van der Waals surface area contributed by atoms with Crippen molar-refractivity contribution in [2.75, 3.05) is 0 Å². The maximum Gasteiger partial charge on any atom is 0.135 e. The van der Waals surface area contributed by atoms with Crippen LogP contribution in [0.25, 0.3) is 88.0 Å². The summed E-state index contributed by atoms with van der Waals surface area (Å²) in [6.45, 7) is -2.47. The highest BCUT2D eigenvalue weighted by Crippen LogP contribution is 2.52. The Balaban J connectivity index is 1.46. The molecule has 0 saturated heterocycles. The number of rotatable bonds is 3. The van der Waals surface area contributed by atoms with Gasteiger partial charge in [-0.25, -0.2) is 0 Å². The van der Waals surface area contributed by atoms with E-state index in [-0.39, 0.29) is 0 Å². The van der Waals surface area contributed by atoms with Crippen LogP contribution >= 0.6 is 0 Å². The largest absolute Gasteiger partial charge is 0.456 e. The maximum absolute atomic E-state index is 10.1. The number of para-hydroxylation sites is 1. The number of hydrogen-bond donors (Lipinski definition) is 0. The average molecular weight is 642 g/mol. The van der Waals surface area contributed by atoms with Crippen molar-refractivity contribution in [1.82, 2.24) is 0 Å². The van der Waals surface area contributed by atoms with Gasteiger partial charge in [-0.2, -0.15) is 0 Å². The molecule has 10 rings (SSSR count). The van der Waals surface area contributed by atoms with Gasteiger partial charge in [0.1, 0.15) is 11.2 Å². The summed E-state index contributed by atoms with van der Waals surface area (Å²) in [4.78, 5) is 0. The number of furan rings is 1. The molecule has 226 valence electrons. The zero-order valence-electron chi connectivity index (χ0n) is 53.4. The lowest BCUT2D eigenvalue weighted by Gasteiger charge is -2.23. The van der Waals surface area contributed by atoms with E-state index in [2.05, 4.69) is 0 Å². The lowest BCUT2D eigenvalue weighted by Crippen LogP contribution is -2.15. The summed E-state index contributed by atoms with van der Waals surface area (Å²) in [7, 11) is 0. The van der Waals surface area contributed by atoms with Crippen LogP contribution in [0.5, 0.6) is 0 Å². The molecule has 1 heteroatoms. The fraction of sp³-hybridized carbons (Fsp3) is 0.0638. The van der Waals surface area contributed by atoms with Crippen LogP contribution < -0.4 is 0 Å². The van der Waals surface area contributed by atoms with Crippen molar-refractivity contribution in [3.63, 3.8) is 0 Å². The molecule has 1 nitrogen and oxygen atoms in total. The van der Waals surface area contributed by atoms with Crippen molar-refractivity contribution in [2.45, 2.75) is 19.2 Å². The molecule has 0 amide bonds. The Labute approximate surface area is 320 Å². The van der Waals surface area contributed by atoms with Crippen molar-refractivity contribution in [2.24, 2.45) is 0 Å². The lowest BCUT2D eigenvalue weighted by atomic mass is 9.80. The molecule has 1 heterocycles. The summed E-state index contributed by atoms with van der Waals surface area (Å²) in [5.74, 6) is 0. The van der Waals surface area contributed by atoms with Crippen molar-refractivity contribution >= 4 is 43.5 Å². The first-order valence-corrected chi connectivity index (χ1v) is 14.4. The van der Waals surface area contributed by atoms with E-state index in [0.717, 1.165) is 6.92 Å². The van der Waals surface area contributed by atoms with E-state index in [1.807, 2.05) is 0 Å². The molecule has 1 atom stereocenters. The summed E-state index contributed by atoms with van der Waals surface area (Å²) >= 11 is 0. The molecule has 8 aromatic carbocycles. The van der Waals surface area contributed by atoms with Crippen molar-refractivity contribution < 1.29 is 44.2 Å². The fourth-order valence-electron chi connectivity index (χ4n) is 6.24. The van der Waals surface area contributed by atoms with Gasteiger partial charge in [0.15, 0.2) is 0 Å². The van der Waals surface area contributed by atoms with Gasteiger partial charge >= 0.3 is 0 Å². The van der Waals surface area contributed by atoms with Crippen LogP contribution in [0.3, 0.4) is 0 Å². The van der Waals surface area contributed by atoms with Crippen molar-refractivity contribution in [1.29, 1.82) is 0 Å². The molecule has 0 aliphatic heterocycles. The first-order valence-electron chi connectivity index (χ1n) is 28.9. The summed E-state index contributed by atoms with van der Waals surface area (Å²) in [5, 5.41) is -4.00. The average Bonchev–Trinajstić information content (AvgIpc) is 3.97. The predicted molar refractivity (Wildman–Crippen MR) is 203 cm³/mol. The topological polar surface area (TPSA) is 13.1 Å². The van der Waals surface area contributed by atoms with Crippen molar-refractivity contribution in [3.05, 3.63) is 168 Å². The molecule has 1 aliphatic rings. The second-order valence-electron chi connectivity index (χ2n) is 11.1. The second-order valence-corrected chi connectivity index (χ2v) is 11.1. The van der Waals surface area contributed by atoms with Gasteiger partial charge in [-0.1, -0.05) is 141 Å². The van der Waals surface area contributed by atoms with Gasteiger partial charge in [0.05, 0.1) is 35.6 Å². The number of benzene rings is 8. The fourth-order valence-corrected chi connectivity index (χ4v) is 6.24. The quantitative estimate of drug-likeness (QED) is 0.175. The molecule has 0 spiro atoms. The lowest BCUT2D eigenvalue weighted by molar-refractivity contribution is 0.661. The molecule has 1 unspecified atom stereocenters. The van der Waals surface area contributed by atoms with Gasteiger partial charge in [0.2, 0.25) is 0 Å². The Kier molecular flexibility index (Phi) is 2.32. The third-order valence-corrected chi connectivity index (χ3v) is 8.39. The van der Waals surface area contributed by atoms with Crippen LogP contribution in [-0.2, 0) is 5.41 Å². The smallest absolute Gasteiger partial charge is 0.135 e. The summed E-state index contributed by atoms with van der Waals surface area (Å²) in [6.07, 6.45) is 0. The maximum atomic E-state index is 10.1. The van der Waals surface area contributed by atoms with E-state index in [4.69, 9.17) is 29.1 Å². The van der Waals surface area contributed by atoms with E-state index in [1.54, 1.807) is 0 Å². The number of hydrogen-bond acceptors (Lipinski definition) is 1. The van der Waals surface area contributed by atoms with Crippen molar-refractivity contribution in [3.8, 4) is 44.5 Å². The van der Waals surface area contributed by atoms with Crippen LogP contribution in [-0.4, -0.2) is 0 Å². The van der Waals surface area contributed by atoms with E-state index < -0.39 is 268 Å². The summed E-state index contributed by atoms with van der Waals surface area (Å²) in [5.41, 5.74) is -11.3. The monoisotopic (exact) mass is 641 g/mol. The highest BCUT2D eigenvalue weighted by molar-refractivity contribution is 6.22. The third-order valence-electron chi connectivity index (χ3n) is 8.39. The minimum Gasteiger partial charge on any atom is -0.456 e. The number of fused-ring (bicyclic) bond motifs is 8. The molecule has 1 aromatic heterocycles. The molecule has 0 bridgehead atoms. The van der Waals surface area contributed by atoms with Gasteiger partial charge in [-0.05, 0) is 107 Å². The zero-order valence-corrected chi connectivity index (χ0v) is 24.4. The molecule has 0 N–H and O–H groups in total. The molecule has 0 fully saturated rings. The molecule has 0 radical (unpaired) electrons. The highest BCUT2D eigenvalue weighted by atomic mass is 16.3. The Morgan fingerprint density at radius 1 is 0.438 bits per heavy atom. The molecule has 0 saturated carbocycles. The summed E-state index contributed by atoms with van der Waals surface area (Å²) in [6, 6.07) is -24.4. The van der Waals surface area contributed by atoms with Gasteiger partial charge in [0, 0.05) is 20.3 Å². The predicted octanol–water partition coefficient (Wildman–Crippen LogP) is 13.2. The Bertz CT molecular complexity index is 4230. The SMILES string of the molecule is [2H]c1c([2H])c([2H])c(-c2c([2H])c([2H])c3c(c2[2H])C(C)(C([2H])([2H])[2H])c2c([2H])c(-c4c5c([2H])c([2H])c([2H])c([2H])c5c(-c5c([2H])c([2H])c6oc7c([2H])c([2H])c([2H])c([2H])c7c6c5[2H])c5c([2H])c([2H])c([2H])c([2H])c45)c([2H])c([2H])c2-3)c([2H])c1[2H]. The minimum atomic E-state index is -3.46.